The summed E-state index contributed by atoms with van der Waals surface area (Å²) in [4.78, 5) is 45.6. The topological polar surface area (TPSA) is 117 Å². The monoisotopic (exact) mass is 471 g/mol. The van der Waals surface area contributed by atoms with Gasteiger partial charge in [0.1, 0.15) is 12.4 Å². The predicted molar refractivity (Wildman–Crippen MR) is 122 cm³/mol. The van der Waals surface area contributed by atoms with Crippen LogP contribution in [0, 0.1) is 5.82 Å². The Morgan fingerprint density at radius 3 is 2.88 bits per heavy atom. The second kappa shape index (κ2) is 9.26. The highest BCUT2D eigenvalue weighted by Crippen LogP contribution is 2.31. The van der Waals surface area contributed by atoms with Crippen LogP contribution in [0.5, 0.6) is 5.75 Å². The van der Waals surface area contributed by atoms with Crippen LogP contribution in [0.1, 0.15) is 34.7 Å². The van der Waals surface area contributed by atoms with Gasteiger partial charge in [0, 0.05) is 19.5 Å². The summed E-state index contributed by atoms with van der Waals surface area (Å²) in [6.45, 7) is 4.59. The Labute approximate surface area is 195 Å². The molecule has 0 bridgehead atoms. The highest BCUT2D eigenvalue weighted by molar-refractivity contribution is 5.97. The normalized spacial score (nSPS) is 17.6. The molecule has 2 aliphatic heterocycles. The van der Waals surface area contributed by atoms with Gasteiger partial charge in [-0.3, -0.25) is 19.0 Å². The maximum Gasteiger partial charge on any atom is 0.297 e. The van der Waals surface area contributed by atoms with E-state index in [1.54, 1.807) is 4.90 Å². The van der Waals surface area contributed by atoms with E-state index in [1.807, 2.05) is 19.0 Å². The van der Waals surface area contributed by atoms with Crippen LogP contribution in [-0.2, 0) is 22.6 Å². The number of nitrogens with zero attached hydrogens (tertiary/aromatic N) is 4. The lowest BCUT2D eigenvalue weighted by Crippen LogP contribution is -2.40. The number of amides is 2. The van der Waals surface area contributed by atoms with Crippen LogP contribution < -0.4 is 15.8 Å². The maximum atomic E-state index is 14.1. The highest BCUT2D eigenvalue weighted by atomic mass is 19.1. The van der Waals surface area contributed by atoms with Gasteiger partial charge in [-0.25, -0.2) is 9.37 Å². The minimum Gasteiger partial charge on any atom is -0.501 e. The van der Waals surface area contributed by atoms with Gasteiger partial charge in [-0.15, -0.1) is 0 Å². The zero-order chi connectivity index (χ0) is 24.6. The molecule has 0 unspecified atom stereocenters. The van der Waals surface area contributed by atoms with Crippen LogP contribution in [-0.4, -0.2) is 64.7 Å². The molecule has 1 aromatic heterocycles. The van der Waals surface area contributed by atoms with E-state index in [2.05, 4.69) is 16.9 Å². The molecule has 1 atom stereocenters. The first-order valence-electron chi connectivity index (χ1n) is 10.9. The Balaban J connectivity index is 1.61. The zero-order valence-corrected chi connectivity index (χ0v) is 19.0. The molecule has 0 spiro atoms. The number of aromatic hydroxyl groups is 1. The standard InChI is InChI=1S/C23H26FN5O5/c1-13-21-26-19(20(31)23(33)28(21)8-9-34-13)22(32)25-11-14-4-5-15(24)10-17(14)29-16(12-27(2)3)6-7-18(29)30/h4-5,10,16,31H,1,6-9,11-12H2,2-3H3,(H,25,32)/t16-/m1/s1. The van der Waals surface area contributed by atoms with E-state index in [1.165, 1.54) is 22.8 Å². The van der Waals surface area contributed by atoms with Gasteiger partial charge in [0.25, 0.3) is 11.5 Å². The molecule has 0 aliphatic carbocycles. The molecule has 4 rings (SSSR count). The Bertz CT molecular complexity index is 1220. The first-order valence-corrected chi connectivity index (χ1v) is 10.9. The molecular weight excluding hydrogens is 445 g/mol. The van der Waals surface area contributed by atoms with Crippen molar-refractivity contribution in [2.24, 2.45) is 0 Å². The van der Waals surface area contributed by atoms with Gasteiger partial charge in [0.15, 0.2) is 17.3 Å². The number of carbonyl (C=O) groups excluding carboxylic acids is 2. The number of aromatic nitrogens is 2. The van der Waals surface area contributed by atoms with Gasteiger partial charge >= 0.3 is 0 Å². The van der Waals surface area contributed by atoms with E-state index in [0.717, 1.165) is 0 Å². The quantitative estimate of drug-likeness (QED) is 0.647. The molecule has 11 heteroatoms. The van der Waals surface area contributed by atoms with Gasteiger partial charge in [0.05, 0.1) is 18.3 Å². The molecule has 180 valence electrons. The number of ether oxygens (including phenoxy) is 1. The van der Waals surface area contributed by atoms with Crippen molar-refractivity contribution in [3.05, 3.63) is 58.0 Å². The highest BCUT2D eigenvalue weighted by Gasteiger charge is 2.34. The molecule has 2 N–H and O–H groups in total. The Kier molecular flexibility index (Phi) is 6.38. The number of hydrogen-bond donors (Lipinski definition) is 2. The first kappa shape index (κ1) is 23.4. The van der Waals surface area contributed by atoms with Crippen molar-refractivity contribution in [1.82, 2.24) is 19.8 Å². The summed E-state index contributed by atoms with van der Waals surface area (Å²) in [6, 6.07) is 3.88. The van der Waals surface area contributed by atoms with E-state index < -0.39 is 28.7 Å². The molecule has 1 saturated heterocycles. The number of fused-ring (bicyclic) bond motifs is 1. The number of likely N-dealkylation sites (N-methyl/N-ethyl adjacent to an activating group) is 1. The molecular formula is C23H26FN5O5. The minimum atomic E-state index is -0.802. The van der Waals surface area contributed by atoms with Gasteiger partial charge in [-0.05, 0) is 38.2 Å². The third-order valence-corrected chi connectivity index (χ3v) is 5.85. The van der Waals surface area contributed by atoms with Crippen LogP contribution in [0.25, 0.3) is 5.76 Å². The fourth-order valence-electron chi connectivity index (χ4n) is 4.29. The lowest BCUT2D eigenvalue weighted by Gasteiger charge is -2.29. The predicted octanol–water partition coefficient (Wildman–Crippen LogP) is 1.08. The average molecular weight is 471 g/mol. The molecule has 3 heterocycles. The van der Waals surface area contributed by atoms with E-state index in [9.17, 15) is 23.9 Å². The van der Waals surface area contributed by atoms with Gasteiger partial charge in [-0.1, -0.05) is 12.6 Å². The van der Waals surface area contributed by atoms with E-state index in [-0.39, 0.29) is 43.2 Å². The van der Waals surface area contributed by atoms with Crippen molar-refractivity contribution in [3.8, 4) is 5.75 Å². The van der Waals surface area contributed by atoms with E-state index >= 15 is 0 Å². The number of nitrogens with one attached hydrogen (secondary N) is 1. The number of carbonyl (C=O) groups is 2. The largest absolute Gasteiger partial charge is 0.501 e. The first-order chi connectivity index (χ1) is 16.2. The number of benzene rings is 1. The van der Waals surface area contributed by atoms with Crippen molar-refractivity contribution < 1.29 is 23.8 Å². The third-order valence-electron chi connectivity index (χ3n) is 5.85. The molecule has 1 aromatic carbocycles. The van der Waals surface area contributed by atoms with Crippen LogP contribution in [0.2, 0.25) is 0 Å². The number of rotatable bonds is 6. The molecule has 2 aliphatic rings. The van der Waals surface area contributed by atoms with Crippen LogP contribution in [0.15, 0.2) is 29.6 Å². The Morgan fingerprint density at radius 2 is 2.15 bits per heavy atom. The summed E-state index contributed by atoms with van der Waals surface area (Å²) in [6.07, 6.45) is 0.992. The summed E-state index contributed by atoms with van der Waals surface area (Å²) in [5.41, 5.74) is -0.347. The van der Waals surface area contributed by atoms with Gasteiger partial charge in [0.2, 0.25) is 11.7 Å². The number of halogens is 1. The molecule has 34 heavy (non-hydrogen) atoms. The van der Waals surface area contributed by atoms with Gasteiger partial charge in [-0.2, -0.15) is 0 Å². The van der Waals surface area contributed by atoms with Crippen molar-refractivity contribution in [2.75, 3.05) is 32.1 Å². The second-order valence-electron chi connectivity index (χ2n) is 8.54. The molecule has 2 amide bonds. The smallest absolute Gasteiger partial charge is 0.297 e. The fraction of sp³-hybridized carbons (Fsp3) is 0.391. The van der Waals surface area contributed by atoms with Gasteiger partial charge < -0.3 is 25.0 Å². The lowest BCUT2D eigenvalue weighted by molar-refractivity contribution is -0.117. The lowest BCUT2D eigenvalue weighted by atomic mass is 10.1. The maximum absolute atomic E-state index is 14.1. The molecule has 0 saturated carbocycles. The van der Waals surface area contributed by atoms with Crippen LogP contribution >= 0.6 is 0 Å². The van der Waals surface area contributed by atoms with Crippen molar-refractivity contribution >= 4 is 23.3 Å². The van der Waals surface area contributed by atoms with Crippen molar-refractivity contribution in [1.29, 1.82) is 0 Å². The van der Waals surface area contributed by atoms with Crippen LogP contribution in [0.4, 0.5) is 10.1 Å². The second-order valence-corrected chi connectivity index (χ2v) is 8.54. The minimum absolute atomic E-state index is 0.0656. The third kappa shape index (κ3) is 4.38. The fourth-order valence-corrected chi connectivity index (χ4v) is 4.29. The summed E-state index contributed by atoms with van der Waals surface area (Å²) in [5, 5.41) is 12.9. The average Bonchev–Trinajstić information content (AvgIpc) is 3.14. The molecule has 2 aromatic rings. The summed E-state index contributed by atoms with van der Waals surface area (Å²) in [5.74, 6) is -2.02. The van der Waals surface area contributed by atoms with Crippen molar-refractivity contribution in [2.45, 2.75) is 32.0 Å². The number of hydrogen-bond acceptors (Lipinski definition) is 7. The SMILES string of the molecule is C=C1OCCn2c1nc(C(=O)NCc1ccc(F)cc1N1C(=O)CC[C@@H]1CN(C)C)c(O)c2=O. The molecule has 0 radical (unpaired) electrons. The summed E-state index contributed by atoms with van der Waals surface area (Å²) in [7, 11) is 3.79. The van der Waals surface area contributed by atoms with E-state index in [0.29, 0.717) is 30.6 Å². The Hall–Kier alpha value is -3.73. The van der Waals surface area contributed by atoms with Crippen LogP contribution in [0.3, 0.4) is 0 Å². The Morgan fingerprint density at radius 1 is 1.38 bits per heavy atom. The summed E-state index contributed by atoms with van der Waals surface area (Å²) < 4.78 is 20.6. The summed E-state index contributed by atoms with van der Waals surface area (Å²) >= 11 is 0. The molecule has 1 fully saturated rings. The van der Waals surface area contributed by atoms with E-state index in [4.69, 9.17) is 4.74 Å². The molecule has 10 nitrogen and oxygen atoms in total. The van der Waals surface area contributed by atoms with Crippen molar-refractivity contribution in [3.63, 3.8) is 0 Å². The number of anilines is 1. The zero-order valence-electron chi connectivity index (χ0n) is 19.0.